The summed E-state index contributed by atoms with van der Waals surface area (Å²) in [5.41, 5.74) is 3.05. The van der Waals surface area contributed by atoms with Gasteiger partial charge in [-0.2, -0.15) is 0 Å². The van der Waals surface area contributed by atoms with E-state index in [-0.39, 0.29) is 12.0 Å². The van der Waals surface area contributed by atoms with Crippen LogP contribution in [0.15, 0.2) is 42.5 Å². The molecule has 5 rings (SSSR count). The second-order valence-electron chi connectivity index (χ2n) is 8.78. The number of ether oxygens (including phenoxy) is 1. The zero-order chi connectivity index (χ0) is 21.9. The van der Waals surface area contributed by atoms with Crippen LogP contribution >= 0.6 is 11.6 Å². The lowest BCUT2D eigenvalue weighted by atomic mass is 10.1. The third kappa shape index (κ3) is 4.87. The lowest BCUT2D eigenvalue weighted by Gasteiger charge is -2.25. The molecule has 6 nitrogen and oxygen atoms in total. The van der Waals surface area contributed by atoms with Gasteiger partial charge in [-0.25, -0.2) is 0 Å². The van der Waals surface area contributed by atoms with Crippen LogP contribution in [0.3, 0.4) is 0 Å². The van der Waals surface area contributed by atoms with Crippen molar-refractivity contribution in [1.29, 1.82) is 0 Å². The molecule has 0 radical (unpaired) electrons. The fourth-order valence-corrected chi connectivity index (χ4v) is 4.90. The van der Waals surface area contributed by atoms with E-state index in [0.29, 0.717) is 16.8 Å². The van der Waals surface area contributed by atoms with E-state index in [9.17, 15) is 4.79 Å². The number of halogens is 1. The third-order valence-corrected chi connectivity index (χ3v) is 6.55. The van der Waals surface area contributed by atoms with Crippen LogP contribution in [0, 0.1) is 0 Å². The zero-order valence-electron chi connectivity index (χ0n) is 18.0. The Hall–Kier alpha value is -2.70. The Labute approximate surface area is 193 Å². The summed E-state index contributed by atoms with van der Waals surface area (Å²) in [5.74, 6) is 0.606. The number of piperidine rings is 1. The highest BCUT2D eigenvalue weighted by Crippen LogP contribution is 2.30. The first-order valence-corrected chi connectivity index (χ1v) is 11.9. The first-order valence-electron chi connectivity index (χ1n) is 11.5. The van der Waals surface area contributed by atoms with E-state index in [4.69, 9.17) is 16.3 Å². The van der Waals surface area contributed by atoms with Gasteiger partial charge in [0.2, 0.25) is 0 Å². The molecule has 0 unspecified atom stereocenters. The number of anilines is 2. The minimum atomic E-state index is -0.192. The summed E-state index contributed by atoms with van der Waals surface area (Å²) < 4.78 is 6.07. The molecule has 2 aromatic carbocycles. The van der Waals surface area contributed by atoms with E-state index in [1.54, 1.807) is 0 Å². The Morgan fingerprint density at radius 1 is 1.03 bits per heavy atom. The Balaban J connectivity index is 1.33. The molecular formula is C25H29ClN4O2. The molecule has 2 fully saturated rings. The number of hydrogen-bond acceptors (Lipinski definition) is 4. The molecule has 0 bridgehead atoms. The van der Waals surface area contributed by atoms with Crippen molar-refractivity contribution in [2.75, 3.05) is 23.7 Å². The van der Waals surface area contributed by atoms with Crippen LogP contribution in [0.25, 0.3) is 10.9 Å². The molecule has 1 aliphatic carbocycles. The largest absolute Gasteiger partial charge is 0.490 e. The molecule has 7 heteroatoms. The van der Waals surface area contributed by atoms with E-state index in [2.05, 4.69) is 20.9 Å². The van der Waals surface area contributed by atoms with Crippen molar-refractivity contribution < 1.29 is 9.53 Å². The Morgan fingerprint density at radius 2 is 1.84 bits per heavy atom. The average Bonchev–Trinajstić information content (AvgIpc) is 3.45. The van der Waals surface area contributed by atoms with Gasteiger partial charge in [-0.1, -0.05) is 17.7 Å². The molecule has 1 saturated heterocycles. The van der Waals surface area contributed by atoms with Crippen molar-refractivity contribution in [3.05, 3.63) is 53.2 Å². The van der Waals surface area contributed by atoms with Crippen LogP contribution in [0.4, 0.5) is 11.4 Å². The summed E-state index contributed by atoms with van der Waals surface area (Å²) in [5, 5.41) is 11.5. The number of carbonyl (C=O) groups is 1. The van der Waals surface area contributed by atoms with E-state index in [0.717, 1.165) is 66.8 Å². The minimum Gasteiger partial charge on any atom is -0.490 e. The molecule has 1 aromatic heterocycles. The lowest BCUT2D eigenvalue weighted by Crippen LogP contribution is -2.35. The van der Waals surface area contributed by atoms with Crippen molar-refractivity contribution in [2.45, 2.75) is 50.7 Å². The van der Waals surface area contributed by atoms with Crippen LogP contribution in [-0.2, 0) is 0 Å². The number of fused-ring (bicyclic) bond motifs is 1. The summed E-state index contributed by atoms with van der Waals surface area (Å²) in [6.07, 6.45) is 7.04. The SMILES string of the molecule is O=C(Nc1cccc(OC2CCCC2)c1)c1cc2cc(Cl)cc(NC3CCNCC3)c2[nH]1. The molecule has 2 heterocycles. The Morgan fingerprint density at radius 3 is 2.66 bits per heavy atom. The van der Waals surface area contributed by atoms with Gasteiger partial charge in [-0.05, 0) is 81.9 Å². The molecule has 3 aromatic rings. The first kappa shape index (κ1) is 21.2. The number of hydrogen-bond donors (Lipinski definition) is 4. The number of amides is 1. The molecule has 32 heavy (non-hydrogen) atoms. The predicted octanol–water partition coefficient (Wildman–Crippen LogP) is 5.56. The minimum absolute atomic E-state index is 0.192. The molecule has 4 N–H and O–H groups in total. The van der Waals surface area contributed by atoms with E-state index in [1.165, 1.54) is 12.8 Å². The number of nitrogens with one attached hydrogen (secondary N) is 4. The van der Waals surface area contributed by atoms with Crippen molar-refractivity contribution in [3.8, 4) is 5.75 Å². The molecule has 0 atom stereocenters. The van der Waals surface area contributed by atoms with Crippen LogP contribution < -0.4 is 20.7 Å². The van der Waals surface area contributed by atoms with E-state index >= 15 is 0 Å². The van der Waals surface area contributed by atoms with E-state index in [1.807, 2.05) is 42.5 Å². The summed E-state index contributed by atoms with van der Waals surface area (Å²) in [7, 11) is 0. The Bertz CT molecular complexity index is 1100. The quantitative estimate of drug-likeness (QED) is 0.395. The number of carbonyl (C=O) groups excluding carboxylic acids is 1. The fourth-order valence-electron chi connectivity index (χ4n) is 4.67. The van der Waals surface area contributed by atoms with Crippen molar-refractivity contribution >= 4 is 39.8 Å². The number of benzene rings is 2. The number of rotatable bonds is 6. The van der Waals surface area contributed by atoms with Crippen LogP contribution in [-0.4, -0.2) is 36.1 Å². The maximum absolute atomic E-state index is 13.0. The highest BCUT2D eigenvalue weighted by molar-refractivity contribution is 6.32. The first-order chi connectivity index (χ1) is 15.6. The standard InChI is InChI=1S/C25H29ClN4O2/c26-17-12-16-13-23(30-24(16)22(14-17)28-18-8-10-27-11-9-18)25(31)29-19-4-3-7-21(15-19)32-20-5-1-2-6-20/h3-4,7,12-15,18,20,27-28,30H,1-2,5-6,8-11H2,(H,29,31). The molecule has 1 amide bonds. The maximum Gasteiger partial charge on any atom is 0.272 e. The number of aromatic nitrogens is 1. The number of H-pyrrole nitrogens is 1. The van der Waals surface area contributed by atoms with E-state index < -0.39 is 0 Å². The molecule has 1 aliphatic heterocycles. The topological polar surface area (TPSA) is 78.2 Å². The average molecular weight is 453 g/mol. The summed E-state index contributed by atoms with van der Waals surface area (Å²) in [6.45, 7) is 2.01. The highest BCUT2D eigenvalue weighted by atomic mass is 35.5. The fraction of sp³-hybridized carbons (Fsp3) is 0.400. The van der Waals surface area contributed by atoms with Crippen molar-refractivity contribution in [2.24, 2.45) is 0 Å². The van der Waals surface area contributed by atoms with Crippen LogP contribution in [0.5, 0.6) is 5.75 Å². The second-order valence-corrected chi connectivity index (χ2v) is 9.21. The Kier molecular flexibility index (Phi) is 6.23. The van der Waals surface area contributed by atoms with Gasteiger partial charge in [0.25, 0.3) is 5.91 Å². The van der Waals surface area contributed by atoms with Gasteiger partial charge >= 0.3 is 0 Å². The predicted molar refractivity (Wildman–Crippen MR) is 130 cm³/mol. The highest BCUT2D eigenvalue weighted by Gasteiger charge is 2.18. The summed E-state index contributed by atoms with van der Waals surface area (Å²) in [4.78, 5) is 16.3. The van der Waals surface area contributed by atoms with Gasteiger partial charge in [-0.3, -0.25) is 4.79 Å². The normalized spacial score (nSPS) is 17.5. The van der Waals surface area contributed by atoms with Crippen LogP contribution in [0.2, 0.25) is 5.02 Å². The van der Waals surface area contributed by atoms with Gasteiger partial charge in [0.15, 0.2) is 0 Å². The third-order valence-electron chi connectivity index (χ3n) is 6.33. The second kappa shape index (κ2) is 9.43. The molecule has 1 saturated carbocycles. The van der Waals surface area contributed by atoms with Gasteiger partial charge < -0.3 is 25.7 Å². The smallest absolute Gasteiger partial charge is 0.272 e. The number of aromatic amines is 1. The lowest BCUT2D eigenvalue weighted by molar-refractivity contribution is 0.102. The monoisotopic (exact) mass is 452 g/mol. The summed E-state index contributed by atoms with van der Waals surface area (Å²) in [6, 6.07) is 13.7. The molecule has 0 spiro atoms. The maximum atomic E-state index is 13.0. The molecule has 168 valence electrons. The molecular weight excluding hydrogens is 424 g/mol. The van der Waals surface area contributed by atoms with Gasteiger partial charge in [0.05, 0.1) is 17.3 Å². The van der Waals surface area contributed by atoms with Gasteiger partial charge in [0.1, 0.15) is 11.4 Å². The van der Waals surface area contributed by atoms with Gasteiger partial charge in [-0.15, -0.1) is 0 Å². The van der Waals surface area contributed by atoms with Crippen molar-refractivity contribution in [3.63, 3.8) is 0 Å². The van der Waals surface area contributed by atoms with Crippen LogP contribution in [0.1, 0.15) is 49.0 Å². The molecule has 2 aliphatic rings. The zero-order valence-corrected chi connectivity index (χ0v) is 18.8. The van der Waals surface area contributed by atoms with Gasteiger partial charge in [0, 0.05) is 28.2 Å². The van der Waals surface area contributed by atoms with Crippen molar-refractivity contribution in [1.82, 2.24) is 10.3 Å². The summed E-state index contributed by atoms with van der Waals surface area (Å²) >= 11 is 6.37.